The minimum Gasteiger partial charge on any atom is -0.497 e. The van der Waals surface area contributed by atoms with Gasteiger partial charge in [0.05, 0.1) is 18.9 Å². The number of amides is 3. The first-order valence-electron chi connectivity index (χ1n) is 8.69. The fraction of sp³-hybridized carbons (Fsp3) is 0.526. The van der Waals surface area contributed by atoms with Crippen LogP contribution in [-0.2, 0) is 14.4 Å². The van der Waals surface area contributed by atoms with Crippen LogP contribution in [0.3, 0.4) is 0 Å². The van der Waals surface area contributed by atoms with Crippen LogP contribution in [0.15, 0.2) is 24.3 Å². The van der Waals surface area contributed by atoms with E-state index in [2.05, 4.69) is 6.92 Å². The van der Waals surface area contributed by atoms with Gasteiger partial charge in [0.2, 0.25) is 17.7 Å². The predicted molar refractivity (Wildman–Crippen MR) is 92.9 cm³/mol. The van der Waals surface area contributed by atoms with Crippen LogP contribution in [0.25, 0.3) is 0 Å². The van der Waals surface area contributed by atoms with Gasteiger partial charge in [-0.2, -0.15) is 0 Å². The van der Waals surface area contributed by atoms with Crippen molar-refractivity contribution in [2.75, 3.05) is 18.7 Å². The molecule has 1 aromatic rings. The number of imide groups is 1. The third kappa shape index (κ3) is 3.25. The van der Waals surface area contributed by atoms with E-state index in [1.165, 1.54) is 16.7 Å². The Labute approximate surface area is 147 Å². The molecule has 1 saturated heterocycles. The van der Waals surface area contributed by atoms with Gasteiger partial charge >= 0.3 is 0 Å². The van der Waals surface area contributed by atoms with Crippen LogP contribution in [0, 0.1) is 17.8 Å². The molecule has 0 spiro atoms. The van der Waals surface area contributed by atoms with Crippen molar-refractivity contribution < 1.29 is 19.1 Å². The van der Waals surface area contributed by atoms with Crippen LogP contribution in [0.4, 0.5) is 5.69 Å². The van der Waals surface area contributed by atoms with E-state index in [9.17, 15) is 14.4 Å². The van der Waals surface area contributed by atoms with Crippen molar-refractivity contribution >= 4 is 23.4 Å². The molecule has 1 saturated carbocycles. The standard InChI is InChI=1S/C19H24N2O4/c1-12-4-9-16-17(10-12)19(24)21(18(16)23)11-20(13(2)22)14-5-7-15(25-3)8-6-14/h5-8,12,16-17H,4,9-11H2,1-3H3/t12-,16+,17-/m1/s1. The maximum atomic E-state index is 12.7. The van der Waals surface area contributed by atoms with Gasteiger partial charge in [0, 0.05) is 12.6 Å². The molecule has 1 aromatic carbocycles. The van der Waals surface area contributed by atoms with Crippen molar-refractivity contribution in [2.45, 2.75) is 33.1 Å². The highest BCUT2D eigenvalue weighted by Gasteiger charge is 2.49. The van der Waals surface area contributed by atoms with Crippen molar-refractivity contribution in [3.8, 4) is 5.75 Å². The van der Waals surface area contributed by atoms with Crippen molar-refractivity contribution in [1.29, 1.82) is 0 Å². The molecule has 6 nitrogen and oxygen atoms in total. The van der Waals surface area contributed by atoms with E-state index in [4.69, 9.17) is 4.74 Å². The highest BCUT2D eigenvalue weighted by Crippen LogP contribution is 2.40. The Morgan fingerprint density at radius 1 is 1.16 bits per heavy atom. The molecule has 2 aliphatic rings. The predicted octanol–water partition coefficient (Wildman–Crippen LogP) is 2.43. The Morgan fingerprint density at radius 2 is 1.80 bits per heavy atom. The number of fused-ring (bicyclic) bond motifs is 1. The zero-order valence-corrected chi connectivity index (χ0v) is 14.9. The average molecular weight is 344 g/mol. The molecule has 0 radical (unpaired) electrons. The third-order valence-electron chi connectivity index (χ3n) is 5.33. The quantitative estimate of drug-likeness (QED) is 0.787. The summed E-state index contributed by atoms with van der Waals surface area (Å²) in [5.41, 5.74) is 0.636. The topological polar surface area (TPSA) is 66.9 Å². The number of ether oxygens (including phenoxy) is 1. The zero-order valence-electron chi connectivity index (χ0n) is 14.9. The first kappa shape index (κ1) is 17.5. The van der Waals surface area contributed by atoms with Crippen molar-refractivity contribution in [1.82, 2.24) is 4.90 Å². The normalized spacial score (nSPS) is 25.7. The lowest BCUT2D eigenvalue weighted by atomic mass is 9.76. The lowest BCUT2D eigenvalue weighted by Crippen LogP contribution is -2.44. The van der Waals surface area contributed by atoms with Gasteiger partial charge in [-0.15, -0.1) is 0 Å². The van der Waals surface area contributed by atoms with Gasteiger partial charge in [0.25, 0.3) is 0 Å². The molecule has 3 rings (SSSR count). The molecule has 2 fully saturated rings. The molecule has 134 valence electrons. The fourth-order valence-corrected chi connectivity index (χ4v) is 3.86. The number of nitrogens with zero attached hydrogens (tertiary/aromatic N) is 2. The molecule has 3 atom stereocenters. The van der Waals surface area contributed by atoms with E-state index in [0.717, 1.165) is 19.3 Å². The highest BCUT2D eigenvalue weighted by atomic mass is 16.5. The molecule has 1 heterocycles. The average Bonchev–Trinajstić information content (AvgIpc) is 2.83. The van der Waals surface area contributed by atoms with E-state index in [1.54, 1.807) is 31.4 Å². The van der Waals surface area contributed by atoms with Crippen molar-refractivity contribution in [3.63, 3.8) is 0 Å². The second kappa shape index (κ2) is 6.86. The number of likely N-dealkylation sites (tertiary alicyclic amines) is 1. The van der Waals surface area contributed by atoms with E-state index < -0.39 is 0 Å². The molecule has 3 amide bonds. The van der Waals surface area contributed by atoms with Gasteiger partial charge < -0.3 is 4.74 Å². The number of carbonyl (C=O) groups is 3. The molecule has 0 aromatic heterocycles. The summed E-state index contributed by atoms with van der Waals surface area (Å²) in [6.07, 6.45) is 2.49. The van der Waals surface area contributed by atoms with E-state index in [0.29, 0.717) is 17.4 Å². The number of carbonyl (C=O) groups excluding carboxylic acids is 3. The van der Waals surface area contributed by atoms with Gasteiger partial charge in [-0.1, -0.05) is 6.92 Å². The van der Waals surface area contributed by atoms with Crippen molar-refractivity contribution in [3.05, 3.63) is 24.3 Å². The molecule has 6 heteroatoms. The van der Waals surface area contributed by atoms with Crippen LogP contribution in [0.1, 0.15) is 33.1 Å². The van der Waals surface area contributed by atoms with Crippen LogP contribution >= 0.6 is 0 Å². The lowest BCUT2D eigenvalue weighted by molar-refractivity contribution is -0.140. The minimum absolute atomic E-state index is 0.0271. The summed E-state index contributed by atoms with van der Waals surface area (Å²) in [6.45, 7) is 3.53. The molecule has 0 N–H and O–H groups in total. The summed E-state index contributed by atoms with van der Waals surface area (Å²) in [7, 11) is 1.57. The number of hydrogen-bond donors (Lipinski definition) is 0. The van der Waals surface area contributed by atoms with Crippen LogP contribution in [-0.4, -0.2) is 36.4 Å². The SMILES string of the molecule is COc1ccc(N(CN2C(=O)[C@H]3CC[C@@H](C)C[C@H]3C2=O)C(C)=O)cc1. The maximum absolute atomic E-state index is 12.7. The second-order valence-corrected chi connectivity index (χ2v) is 7.02. The summed E-state index contributed by atoms with van der Waals surface area (Å²) in [5.74, 6) is 0.218. The summed E-state index contributed by atoms with van der Waals surface area (Å²) in [6, 6.07) is 7.00. The highest BCUT2D eigenvalue weighted by molar-refractivity contribution is 6.06. The van der Waals surface area contributed by atoms with Crippen LogP contribution in [0.2, 0.25) is 0 Å². The van der Waals surface area contributed by atoms with Crippen molar-refractivity contribution in [2.24, 2.45) is 17.8 Å². The minimum atomic E-state index is -0.221. The third-order valence-corrected chi connectivity index (χ3v) is 5.33. The smallest absolute Gasteiger partial charge is 0.234 e. The van der Waals surface area contributed by atoms with Crippen LogP contribution < -0.4 is 9.64 Å². The summed E-state index contributed by atoms with van der Waals surface area (Å²) >= 11 is 0. The molecular formula is C19H24N2O4. The molecule has 1 aliphatic carbocycles. The van der Waals surface area contributed by atoms with Gasteiger partial charge in [-0.25, -0.2) is 0 Å². The largest absolute Gasteiger partial charge is 0.497 e. The Morgan fingerprint density at radius 3 is 2.40 bits per heavy atom. The summed E-state index contributed by atoms with van der Waals surface area (Å²) in [5, 5.41) is 0. The van der Waals surface area contributed by atoms with E-state index in [1.807, 2.05) is 0 Å². The second-order valence-electron chi connectivity index (χ2n) is 7.02. The monoisotopic (exact) mass is 344 g/mol. The Balaban J connectivity index is 1.81. The zero-order chi connectivity index (χ0) is 18.1. The Kier molecular flexibility index (Phi) is 4.79. The summed E-state index contributed by atoms with van der Waals surface area (Å²) < 4.78 is 5.13. The first-order chi connectivity index (χ1) is 11.9. The van der Waals surface area contributed by atoms with E-state index >= 15 is 0 Å². The lowest BCUT2D eigenvalue weighted by Gasteiger charge is -2.26. The molecular weight excluding hydrogens is 320 g/mol. The van der Waals surface area contributed by atoms with Gasteiger partial charge in [0.1, 0.15) is 12.4 Å². The van der Waals surface area contributed by atoms with Gasteiger partial charge in [0.15, 0.2) is 0 Å². The molecule has 1 aliphatic heterocycles. The van der Waals surface area contributed by atoms with Crippen LogP contribution in [0.5, 0.6) is 5.75 Å². The number of hydrogen-bond acceptors (Lipinski definition) is 4. The van der Waals surface area contributed by atoms with Gasteiger partial charge in [-0.3, -0.25) is 24.2 Å². The van der Waals surface area contributed by atoms with E-state index in [-0.39, 0.29) is 36.2 Å². The van der Waals surface area contributed by atoms with Gasteiger partial charge in [-0.05, 0) is 49.4 Å². The summed E-state index contributed by atoms with van der Waals surface area (Å²) in [4.78, 5) is 40.3. The first-order valence-corrected chi connectivity index (χ1v) is 8.69. The number of anilines is 1. The Bertz CT molecular complexity index is 685. The fourth-order valence-electron chi connectivity index (χ4n) is 3.86. The Hall–Kier alpha value is -2.37. The molecule has 0 bridgehead atoms. The molecule has 25 heavy (non-hydrogen) atoms. The molecule has 0 unspecified atom stereocenters. The maximum Gasteiger partial charge on any atom is 0.234 e. The number of rotatable bonds is 4. The number of methoxy groups -OCH3 is 1. The number of benzene rings is 1.